The Bertz CT molecular complexity index is 283. The van der Waals surface area contributed by atoms with Crippen LogP contribution in [0.3, 0.4) is 0 Å². The molecule has 0 radical (unpaired) electrons. The van der Waals surface area contributed by atoms with E-state index in [0.29, 0.717) is 12.8 Å². The molecule has 0 atom stereocenters. The van der Waals surface area contributed by atoms with Crippen molar-refractivity contribution in [2.75, 3.05) is 12.0 Å². The molecule has 1 aromatic heterocycles. The molecule has 0 amide bonds. The fraction of sp³-hybridized carbons (Fsp3) is 0.556. The van der Waals surface area contributed by atoms with Gasteiger partial charge in [-0.15, -0.1) is 0 Å². The zero-order valence-corrected chi connectivity index (χ0v) is 8.80. The van der Waals surface area contributed by atoms with Crippen LogP contribution in [0.4, 0.5) is 0 Å². The van der Waals surface area contributed by atoms with E-state index in [1.165, 1.54) is 0 Å². The lowest BCUT2D eigenvalue weighted by Gasteiger charge is -2.00. The van der Waals surface area contributed by atoms with E-state index in [-0.39, 0.29) is 5.78 Å². The molecule has 1 aromatic rings. The molecule has 0 bridgehead atoms. The first-order valence-corrected chi connectivity index (χ1v) is 5.60. The lowest BCUT2D eigenvalue weighted by atomic mass is 10.2. The third-order valence-corrected chi connectivity index (χ3v) is 2.47. The number of rotatable bonds is 5. The lowest BCUT2D eigenvalue weighted by molar-refractivity contribution is -0.118. The Kier molecular flexibility index (Phi) is 4.02. The van der Waals surface area contributed by atoms with Gasteiger partial charge in [-0.25, -0.2) is 4.98 Å². The number of hydrogen-bond donors (Lipinski definition) is 0. The van der Waals surface area contributed by atoms with E-state index in [2.05, 4.69) is 4.98 Å². The Labute approximate surface area is 82.5 Å². The standard InChI is InChI=1S/C9H14N2OS/c1-11-5-4-10-9(11)7-8(12)3-6-13-2/h4-5H,3,6-7H2,1-2H3. The minimum Gasteiger partial charge on any atom is -0.338 e. The smallest absolute Gasteiger partial charge is 0.141 e. The molecule has 0 spiro atoms. The van der Waals surface area contributed by atoms with Gasteiger partial charge in [-0.2, -0.15) is 11.8 Å². The van der Waals surface area contributed by atoms with Crippen molar-refractivity contribution in [1.29, 1.82) is 0 Å². The van der Waals surface area contributed by atoms with Gasteiger partial charge in [0.25, 0.3) is 0 Å². The summed E-state index contributed by atoms with van der Waals surface area (Å²) >= 11 is 1.70. The number of nitrogens with zero attached hydrogens (tertiary/aromatic N) is 2. The average Bonchev–Trinajstić information content (AvgIpc) is 2.48. The molecule has 72 valence electrons. The van der Waals surface area contributed by atoms with Crippen LogP contribution in [0.1, 0.15) is 12.2 Å². The minimum absolute atomic E-state index is 0.267. The normalized spacial score (nSPS) is 10.3. The number of ketones is 1. The molecular weight excluding hydrogens is 184 g/mol. The van der Waals surface area contributed by atoms with E-state index in [9.17, 15) is 4.79 Å². The van der Waals surface area contributed by atoms with E-state index in [1.807, 2.05) is 24.1 Å². The van der Waals surface area contributed by atoms with Gasteiger partial charge < -0.3 is 4.57 Å². The summed E-state index contributed by atoms with van der Waals surface area (Å²) in [6.07, 6.45) is 6.69. The highest BCUT2D eigenvalue weighted by Crippen LogP contribution is 2.02. The second-order valence-corrected chi connectivity index (χ2v) is 3.90. The lowest BCUT2D eigenvalue weighted by Crippen LogP contribution is -2.08. The maximum atomic E-state index is 11.4. The fourth-order valence-electron chi connectivity index (χ4n) is 1.05. The predicted molar refractivity (Wildman–Crippen MR) is 54.9 cm³/mol. The van der Waals surface area contributed by atoms with Crippen molar-refractivity contribution in [3.05, 3.63) is 18.2 Å². The number of Topliss-reactive ketones (excluding diaryl/α,β-unsaturated/α-hetero) is 1. The highest BCUT2D eigenvalue weighted by atomic mass is 32.2. The molecule has 1 rings (SSSR count). The Balaban J connectivity index is 2.41. The molecule has 0 aliphatic heterocycles. The molecule has 0 aromatic carbocycles. The van der Waals surface area contributed by atoms with E-state index >= 15 is 0 Å². The third kappa shape index (κ3) is 3.22. The number of aryl methyl sites for hydroxylation is 1. The summed E-state index contributed by atoms with van der Waals surface area (Å²) in [6.45, 7) is 0. The second kappa shape index (κ2) is 5.07. The van der Waals surface area contributed by atoms with Crippen molar-refractivity contribution in [3.8, 4) is 0 Å². The maximum absolute atomic E-state index is 11.4. The second-order valence-electron chi connectivity index (χ2n) is 2.91. The summed E-state index contributed by atoms with van der Waals surface area (Å²) in [5.74, 6) is 2.03. The van der Waals surface area contributed by atoms with Crippen LogP contribution >= 0.6 is 11.8 Å². The topological polar surface area (TPSA) is 34.9 Å². The van der Waals surface area contributed by atoms with Gasteiger partial charge in [0.15, 0.2) is 0 Å². The van der Waals surface area contributed by atoms with Crippen LogP contribution in [0.25, 0.3) is 0 Å². The summed E-state index contributed by atoms with van der Waals surface area (Å²) < 4.78 is 1.89. The largest absolute Gasteiger partial charge is 0.338 e. The molecule has 0 fully saturated rings. The molecule has 0 unspecified atom stereocenters. The zero-order chi connectivity index (χ0) is 9.68. The zero-order valence-electron chi connectivity index (χ0n) is 7.99. The van der Waals surface area contributed by atoms with E-state index in [4.69, 9.17) is 0 Å². The molecule has 0 saturated heterocycles. The highest BCUT2D eigenvalue weighted by molar-refractivity contribution is 7.98. The van der Waals surface area contributed by atoms with Crippen LogP contribution in [0.15, 0.2) is 12.4 Å². The molecule has 13 heavy (non-hydrogen) atoms. The SMILES string of the molecule is CSCCC(=O)Cc1nccn1C. The van der Waals surface area contributed by atoms with Crippen molar-refractivity contribution >= 4 is 17.5 Å². The molecule has 0 N–H and O–H groups in total. The van der Waals surface area contributed by atoms with Gasteiger partial charge in [0.2, 0.25) is 0 Å². The van der Waals surface area contributed by atoms with Crippen LogP contribution in [-0.2, 0) is 18.3 Å². The first-order chi connectivity index (χ1) is 6.24. The summed E-state index contributed by atoms with van der Waals surface area (Å²) in [5.41, 5.74) is 0. The van der Waals surface area contributed by atoms with Gasteiger partial charge in [-0.1, -0.05) is 0 Å². The van der Waals surface area contributed by atoms with E-state index in [1.54, 1.807) is 18.0 Å². The summed E-state index contributed by atoms with van der Waals surface area (Å²) in [4.78, 5) is 15.5. The predicted octanol–water partition coefficient (Wildman–Crippen LogP) is 1.28. The van der Waals surface area contributed by atoms with Gasteiger partial charge in [0.05, 0.1) is 6.42 Å². The van der Waals surface area contributed by atoms with E-state index in [0.717, 1.165) is 11.6 Å². The fourth-order valence-corrected chi connectivity index (χ4v) is 1.48. The Morgan fingerprint density at radius 1 is 1.69 bits per heavy atom. The molecule has 0 aliphatic rings. The molecule has 1 heterocycles. The third-order valence-electron chi connectivity index (χ3n) is 1.86. The number of carbonyl (C=O) groups excluding carboxylic acids is 1. The minimum atomic E-state index is 0.267. The quantitative estimate of drug-likeness (QED) is 0.715. The highest BCUT2D eigenvalue weighted by Gasteiger charge is 2.06. The number of hydrogen-bond acceptors (Lipinski definition) is 3. The van der Waals surface area contributed by atoms with Crippen LogP contribution in [-0.4, -0.2) is 27.3 Å². The molecular formula is C9H14N2OS. The molecule has 0 saturated carbocycles. The van der Waals surface area contributed by atoms with Gasteiger partial charge in [0.1, 0.15) is 11.6 Å². The van der Waals surface area contributed by atoms with Gasteiger partial charge in [-0.05, 0) is 12.0 Å². The van der Waals surface area contributed by atoms with Crippen molar-refractivity contribution in [2.24, 2.45) is 7.05 Å². The Hall–Kier alpha value is -0.770. The van der Waals surface area contributed by atoms with Crippen LogP contribution in [0, 0.1) is 0 Å². The van der Waals surface area contributed by atoms with Crippen molar-refractivity contribution in [3.63, 3.8) is 0 Å². The van der Waals surface area contributed by atoms with Crippen molar-refractivity contribution in [1.82, 2.24) is 9.55 Å². The van der Waals surface area contributed by atoms with Crippen molar-refractivity contribution < 1.29 is 4.79 Å². The first-order valence-electron chi connectivity index (χ1n) is 4.21. The summed E-state index contributed by atoms with van der Waals surface area (Å²) in [7, 11) is 1.91. The number of carbonyl (C=O) groups is 1. The van der Waals surface area contributed by atoms with Crippen molar-refractivity contribution in [2.45, 2.75) is 12.8 Å². The molecule has 0 aliphatic carbocycles. The number of thioether (sulfide) groups is 1. The van der Waals surface area contributed by atoms with Gasteiger partial charge in [-0.3, -0.25) is 4.79 Å². The first kappa shape index (κ1) is 10.3. The maximum Gasteiger partial charge on any atom is 0.141 e. The van der Waals surface area contributed by atoms with Crippen LogP contribution in [0.2, 0.25) is 0 Å². The number of imidazole rings is 1. The van der Waals surface area contributed by atoms with Gasteiger partial charge in [0, 0.05) is 25.9 Å². The number of aromatic nitrogens is 2. The molecule has 4 heteroatoms. The van der Waals surface area contributed by atoms with Crippen LogP contribution < -0.4 is 0 Å². The molecule has 3 nitrogen and oxygen atoms in total. The van der Waals surface area contributed by atoms with E-state index < -0.39 is 0 Å². The Morgan fingerprint density at radius 3 is 3.00 bits per heavy atom. The van der Waals surface area contributed by atoms with Gasteiger partial charge >= 0.3 is 0 Å². The monoisotopic (exact) mass is 198 g/mol. The summed E-state index contributed by atoms with van der Waals surface area (Å²) in [5, 5.41) is 0. The summed E-state index contributed by atoms with van der Waals surface area (Å²) in [6, 6.07) is 0. The van der Waals surface area contributed by atoms with Crippen LogP contribution in [0.5, 0.6) is 0 Å². The Morgan fingerprint density at radius 2 is 2.46 bits per heavy atom. The average molecular weight is 198 g/mol.